The quantitative estimate of drug-likeness (QED) is 0.723. The van der Waals surface area contributed by atoms with Crippen molar-refractivity contribution >= 4 is 9.84 Å². The van der Waals surface area contributed by atoms with Crippen LogP contribution in [-0.4, -0.2) is 32.1 Å². The zero-order chi connectivity index (χ0) is 12.4. The number of sulfone groups is 1. The van der Waals surface area contributed by atoms with E-state index in [2.05, 4.69) is 12.1 Å². The first kappa shape index (κ1) is 11.0. The first-order valence-corrected chi connectivity index (χ1v) is 8.33. The highest BCUT2D eigenvalue weighted by Gasteiger charge is 2.61. The number of hydrogen-bond donors (Lipinski definition) is 0. The molecule has 96 valence electrons. The maximum absolute atomic E-state index is 12.1. The van der Waals surface area contributed by atoms with Crippen molar-refractivity contribution in [1.82, 2.24) is 0 Å². The lowest BCUT2D eigenvalue weighted by Crippen LogP contribution is -2.40. The Labute approximate surface area is 107 Å². The molecule has 0 radical (unpaired) electrons. The van der Waals surface area contributed by atoms with Gasteiger partial charge in [-0.25, -0.2) is 8.42 Å². The Balaban J connectivity index is 1.83. The second-order valence-corrected chi connectivity index (χ2v) is 8.04. The predicted octanol–water partition coefficient (Wildman–Crippen LogP) is 1.53. The Morgan fingerprint density at radius 1 is 1.17 bits per heavy atom. The van der Waals surface area contributed by atoms with Crippen molar-refractivity contribution in [2.75, 3.05) is 11.5 Å². The fourth-order valence-electron chi connectivity index (χ4n) is 3.97. The maximum Gasteiger partial charge on any atom is 0.151 e. The van der Waals surface area contributed by atoms with Crippen LogP contribution in [0.25, 0.3) is 0 Å². The lowest BCUT2D eigenvalue weighted by molar-refractivity contribution is 0.271. The molecule has 0 bridgehead atoms. The molecule has 0 unspecified atom stereocenters. The average Bonchev–Trinajstić information content (AvgIpc) is 3.00. The van der Waals surface area contributed by atoms with Gasteiger partial charge in [0, 0.05) is 5.41 Å². The standard InChI is InChI=1S/C14H16O3S/c15-18(16)8-11-6-12-13(17-12)7-14(11,9-18)10-4-2-1-3-5-10/h1-5,11-13H,6-9H2/t11-,12-,13+,14+/m0/s1. The molecule has 0 N–H and O–H groups in total. The Morgan fingerprint density at radius 3 is 2.72 bits per heavy atom. The summed E-state index contributed by atoms with van der Waals surface area (Å²) in [5, 5.41) is 0. The van der Waals surface area contributed by atoms with Gasteiger partial charge in [-0.2, -0.15) is 0 Å². The molecule has 2 aliphatic heterocycles. The zero-order valence-electron chi connectivity index (χ0n) is 10.1. The van der Waals surface area contributed by atoms with Crippen LogP contribution in [-0.2, 0) is 20.0 Å². The largest absolute Gasteiger partial charge is 0.370 e. The van der Waals surface area contributed by atoms with E-state index in [-0.39, 0.29) is 11.3 Å². The smallest absolute Gasteiger partial charge is 0.151 e. The summed E-state index contributed by atoms with van der Waals surface area (Å²) in [6, 6.07) is 10.2. The highest BCUT2D eigenvalue weighted by Crippen LogP contribution is 2.55. The van der Waals surface area contributed by atoms with E-state index in [1.807, 2.05) is 18.2 Å². The molecule has 3 nitrogen and oxygen atoms in total. The predicted molar refractivity (Wildman–Crippen MR) is 68.2 cm³/mol. The van der Waals surface area contributed by atoms with Gasteiger partial charge in [-0.15, -0.1) is 0 Å². The van der Waals surface area contributed by atoms with Crippen molar-refractivity contribution < 1.29 is 13.2 Å². The van der Waals surface area contributed by atoms with E-state index < -0.39 is 9.84 Å². The van der Waals surface area contributed by atoms with Crippen molar-refractivity contribution in [1.29, 1.82) is 0 Å². The molecule has 1 aliphatic carbocycles. The van der Waals surface area contributed by atoms with Gasteiger partial charge in [0.25, 0.3) is 0 Å². The highest BCUT2D eigenvalue weighted by atomic mass is 32.2. The van der Waals surface area contributed by atoms with Crippen LogP contribution in [0.4, 0.5) is 0 Å². The summed E-state index contributed by atoms with van der Waals surface area (Å²) in [6.45, 7) is 0. The van der Waals surface area contributed by atoms with Gasteiger partial charge in [0.05, 0.1) is 23.7 Å². The maximum atomic E-state index is 12.1. The monoisotopic (exact) mass is 264 g/mol. The molecule has 4 atom stereocenters. The fraction of sp³-hybridized carbons (Fsp3) is 0.571. The number of benzene rings is 1. The number of fused-ring (bicyclic) bond motifs is 2. The molecule has 18 heavy (non-hydrogen) atoms. The molecular weight excluding hydrogens is 248 g/mol. The molecule has 0 spiro atoms. The van der Waals surface area contributed by atoms with E-state index in [0.29, 0.717) is 23.7 Å². The molecule has 2 heterocycles. The minimum Gasteiger partial charge on any atom is -0.370 e. The molecule has 3 fully saturated rings. The average molecular weight is 264 g/mol. The van der Waals surface area contributed by atoms with Crippen molar-refractivity contribution in [2.45, 2.75) is 30.5 Å². The molecular formula is C14H16O3S. The number of hydrogen-bond acceptors (Lipinski definition) is 3. The first-order chi connectivity index (χ1) is 8.59. The Hall–Kier alpha value is -0.870. The van der Waals surface area contributed by atoms with Gasteiger partial charge < -0.3 is 4.74 Å². The molecule has 3 aliphatic rings. The van der Waals surface area contributed by atoms with Gasteiger partial charge in [0.15, 0.2) is 9.84 Å². The topological polar surface area (TPSA) is 46.7 Å². The van der Waals surface area contributed by atoms with E-state index in [0.717, 1.165) is 12.8 Å². The van der Waals surface area contributed by atoms with Crippen LogP contribution in [0.15, 0.2) is 30.3 Å². The Bertz CT molecular complexity index is 580. The Kier molecular flexibility index (Phi) is 2.06. The minimum absolute atomic E-state index is 0.183. The summed E-state index contributed by atoms with van der Waals surface area (Å²) in [5.41, 5.74) is 1.00. The number of rotatable bonds is 1. The summed E-state index contributed by atoms with van der Waals surface area (Å²) < 4.78 is 29.7. The van der Waals surface area contributed by atoms with Gasteiger partial charge >= 0.3 is 0 Å². The third-order valence-electron chi connectivity index (χ3n) is 4.83. The van der Waals surface area contributed by atoms with E-state index in [1.54, 1.807) is 0 Å². The molecule has 2 saturated heterocycles. The first-order valence-electron chi connectivity index (χ1n) is 6.50. The van der Waals surface area contributed by atoms with Crippen molar-refractivity contribution in [3.05, 3.63) is 35.9 Å². The minimum atomic E-state index is -2.89. The van der Waals surface area contributed by atoms with E-state index in [1.165, 1.54) is 5.56 Å². The zero-order valence-corrected chi connectivity index (χ0v) is 10.9. The molecule has 0 amide bonds. The molecule has 1 saturated carbocycles. The molecule has 1 aromatic rings. The summed E-state index contributed by atoms with van der Waals surface area (Å²) in [4.78, 5) is 0. The van der Waals surface area contributed by atoms with E-state index in [9.17, 15) is 8.42 Å². The lowest BCUT2D eigenvalue weighted by atomic mass is 9.64. The van der Waals surface area contributed by atoms with Gasteiger partial charge in [-0.1, -0.05) is 30.3 Å². The van der Waals surface area contributed by atoms with Crippen LogP contribution in [0.2, 0.25) is 0 Å². The van der Waals surface area contributed by atoms with Crippen molar-refractivity contribution in [2.24, 2.45) is 5.92 Å². The molecule has 1 aromatic carbocycles. The normalized spacial score (nSPS) is 44.1. The summed E-state index contributed by atoms with van der Waals surface area (Å²) in [6.07, 6.45) is 2.43. The van der Waals surface area contributed by atoms with Crippen LogP contribution < -0.4 is 0 Å². The number of epoxide rings is 1. The fourth-order valence-corrected chi connectivity index (χ4v) is 6.46. The molecule has 0 aromatic heterocycles. The van der Waals surface area contributed by atoms with Crippen LogP contribution in [0.3, 0.4) is 0 Å². The Morgan fingerprint density at radius 2 is 1.94 bits per heavy atom. The van der Waals surface area contributed by atoms with Crippen LogP contribution in [0.5, 0.6) is 0 Å². The van der Waals surface area contributed by atoms with E-state index in [4.69, 9.17) is 4.74 Å². The van der Waals surface area contributed by atoms with Crippen molar-refractivity contribution in [3.8, 4) is 0 Å². The van der Waals surface area contributed by atoms with Crippen molar-refractivity contribution in [3.63, 3.8) is 0 Å². The van der Waals surface area contributed by atoms with Crippen LogP contribution >= 0.6 is 0 Å². The number of ether oxygens (including phenoxy) is 1. The molecule has 4 rings (SSSR count). The summed E-state index contributed by atoms with van der Waals surface area (Å²) in [5.74, 6) is 0.893. The van der Waals surface area contributed by atoms with Gasteiger partial charge in [0.1, 0.15) is 0 Å². The van der Waals surface area contributed by atoms with Crippen LogP contribution in [0, 0.1) is 5.92 Å². The van der Waals surface area contributed by atoms with E-state index >= 15 is 0 Å². The van der Waals surface area contributed by atoms with Gasteiger partial charge in [0.2, 0.25) is 0 Å². The lowest BCUT2D eigenvalue weighted by Gasteiger charge is -2.36. The van der Waals surface area contributed by atoms with Gasteiger partial charge in [-0.3, -0.25) is 0 Å². The van der Waals surface area contributed by atoms with Gasteiger partial charge in [-0.05, 0) is 24.3 Å². The van der Waals surface area contributed by atoms with Crippen LogP contribution in [0.1, 0.15) is 18.4 Å². The second kappa shape index (κ2) is 3.36. The third-order valence-corrected chi connectivity index (χ3v) is 6.70. The molecule has 4 heteroatoms. The third kappa shape index (κ3) is 1.48. The second-order valence-electron chi connectivity index (χ2n) is 5.93. The highest BCUT2D eigenvalue weighted by molar-refractivity contribution is 7.91. The summed E-state index contributed by atoms with van der Waals surface area (Å²) in [7, 11) is -2.89. The SMILES string of the molecule is O=S1(=O)C[C@@H]2C[C@@H]3O[C@@H]3C[C@]2(c2ccccc2)C1. The summed E-state index contributed by atoms with van der Waals surface area (Å²) >= 11 is 0.